The van der Waals surface area contributed by atoms with Crippen molar-refractivity contribution < 1.29 is 9.59 Å². The molecular weight excluding hydrogens is 218 g/mol. The number of urea groups is 1. The number of likely N-dealkylation sites (tertiary alicyclic amines) is 1. The third kappa shape index (κ3) is 4.24. The molecule has 1 heterocycles. The van der Waals surface area contributed by atoms with Gasteiger partial charge in [0.15, 0.2) is 0 Å². The van der Waals surface area contributed by atoms with Crippen LogP contribution in [0.1, 0.15) is 41.0 Å². The number of hydrogen-bond donors (Lipinski definition) is 2. The monoisotopic (exact) mass is 241 g/mol. The molecular formula is C12H23N3O2. The molecule has 1 atom stereocenters. The van der Waals surface area contributed by atoms with E-state index in [9.17, 15) is 9.59 Å². The van der Waals surface area contributed by atoms with Crippen molar-refractivity contribution in [2.75, 3.05) is 6.54 Å². The molecule has 0 saturated carbocycles. The van der Waals surface area contributed by atoms with Crippen LogP contribution in [0.3, 0.4) is 0 Å². The number of carbonyl (C=O) groups is 2. The molecule has 0 spiro atoms. The second-order valence-corrected chi connectivity index (χ2v) is 5.89. The minimum atomic E-state index is -0.259. The lowest BCUT2D eigenvalue weighted by molar-refractivity contribution is -0.129. The van der Waals surface area contributed by atoms with Crippen molar-refractivity contribution in [3.8, 4) is 0 Å². The molecule has 17 heavy (non-hydrogen) atoms. The van der Waals surface area contributed by atoms with Crippen molar-refractivity contribution in [2.24, 2.45) is 0 Å². The average Bonchev–Trinajstić information content (AvgIpc) is 2.42. The second kappa shape index (κ2) is 4.94. The van der Waals surface area contributed by atoms with Crippen LogP contribution in [0.5, 0.6) is 0 Å². The molecule has 0 aromatic carbocycles. The molecule has 5 heteroatoms. The number of amides is 3. The first kappa shape index (κ1) is 13.8. The fraction of sp³-hybridized carbons (Fsp3) is 0.833. The van der Waals surface area contributed by atoms with E-state index in [0.29, 0.717) is 13.0 Å². The molecule has 2 N–H and O–H groups in total. The summed E-state index contributed by atoms with van der Waals surface area (Å²) in [5.74, 6) is 0.112. The quantitative estimate of drug-likeness (QED) is 0.760. The van der Waals surface area contributed by atoms with E-state index < -0.39 is 0 Å². The van der Waals surface area contributed by atoms with Gasteiger partial charge >= 0.3 is 6.03 Å². The standard InChI is InChI=1S/C12H23N3O2/c1-8(2)15-7-9(6-10(15)16)13-11(17)14-12(3,4)5/h8-9H,6-7H2,1-5H3,(H2,13,14,17). The molecule has 1 saturated heterocycles. The zero-order valence-electron chi connectivity index (χ0n) is 11.3. The van der Waals surface area contributed by atoms with Gasteiger partial charge in [-0.1, -0.05) is 0 Å². The zero-order chi connectivity index (χ0) is 13.2. The molecule has 1 unspecified atom stereocenters. The van der Waals surface area contributed by atoms with Crippen LogP contribution >= 0.6 is 0 Å². The molecule has 98 valence electrons. The Morgan fingerprint density at radius 3 is 2.41 bits per heavy atom. The fourth-order valence-corrected chi connectivity index (χ4v) is 1.89. The molecule has 5 nitrogen and oxygen atoms in total. The molecule has 1 fully saturated rings. The highest BCUT2D eigenvalue weighted by atomic mass is 16.2. The Hall–Kier alpha value is -1.26. The van der Waals surface area contributed by atoms with Gasteiger partial charge in [-0.2, -0.15) is 0 Å². The number of hydrogen-bond acceptors (Lipinski definition) is 2. The van der Waals surface area contributed by atoms with Crippen molar-refractivity contribution >= 4 is 11.9 Å². The largest absolute Gasteiger partial charge is 0.338 e. The highest BCUT2D eigenvalue weighted by Crippen LogP contribution is 2.14. The van der Waals surface area contributed by atoms with Crippen LogP contribution in [-0.2, 0) is 4.79 Å². The zero-order valence-corrected chi connectivity index (χ0v) is 11.3. The van der Waals surface area contributed by atoms with Gasteiger partial charge in [0.2, 0.25) is 5.91 Å². The van der Waals surface area contributed by atoms with E-state index in [4.69, 9.17) is 0 Å². The lowest BCUT2D eigenvalue weighted by atomic mass is 10.1. The molecule has 3 amide bonds. The number of nitrogens with zero attached hydrogens (tertiary/aromatic N) is 1. The molecule has 0 aliphatic carbocycles. The molecule has 0 aromatic rings. The maximum absolute atomic E-state index is 11.6. The summed E-state index contributed by atoms with van der Waals surface area (Å²) in [6.07, 6.45) is 0.399. The van der Waals surface area contributed by atoms with Gasteiger partial charge in [0.1, 0.15) is 0 Å². The van der Waals surface area contributed by atoms with Crippen LogP contribution in [0.4, 0.5) is 4.79 Å². The first-order valence-electron chi connectivity index (χ1n) is 6.07. The van der Waals surface area contributed by atoms with Gasteiger partial charge in [-0.15, -0.1) is 0 Å². The third-order valence-corrected chi connectivity index (χ3v) is 2.61. The first-order chi connectivity index (χ1) is 7.69. The maximum atomic E-state index is 11.6. The normalized spacial score (nSPS) is 20.9. The number of carbonyl (C=O) groups excluding carboxylic acids is 2. The molecule has 1 aliphatic heterocycles. The topological polar surface area (TPSA) is 61.4 Å². The third-order valence-electron chi connectivity index (χ3n) is 2.61. The average molecular weight is 241 g/mol. The van der Waals surface area contributed by atoms with Gasteiger partial charge in [-0.3, -0.25) is 4.79 Å². The van der Waals surface area contributed by atoms with Crippen molar-refractivity contribution in [3.63, 3.8) is 0 Å². The molecule has 0 bridgehead atoms. The van der Waals surface area contributed by atoms with Gasteiger partial charge < -0.3 is 15.5 Å². The second-order valence-electron chi connectivity index (χ2n) is 5.89. The SMILES string of the molecule is CC(C)N1CC(NC(=O)NC(C)(C)C)CC1=O. The van der Waals surface area contributed by atoms with E-state index in [0.717, 1.165) is 0 Å². The first-order valence-corrected chi connectivity index (χ1v) is 6.07. The minimum Gasteiger partial charge on any atom is -0.338 e. The highest BCUT2D eigenvalue weighted by Gasteiger charge is 2.32. The van der Waals surface area contributed by atoms with Gasteiger partial charge in [-0.05, 0) is 34.6 Å². The highest BCUT2D eigenvalue weighted by molar-refractivity contribution is 5.82. The van der Waals surface area contributed by atoms with Gasteiger partial charge in [-0.25, -0.2) is 4.79 Å². The van der Waals surface area contributed by atoms with Crippen LogP contribution in [0, 0.1) is 0 Å². The van der Waals surface area contributed by atoms with Crippen molar-refractivity contribution in [1.29, 1.82) is 0 Å². The van der Waals surface area contributed by atoms with E-state index in [-0.39, 0.29) is 29.6 Å². The summed E-state index contributed by atoms with van der Waals surface area (Å²) < 4.78 is 0. The Morgan fingerprint density at radius 1 is 1.41 bits per heavy atom. The van der Waals surface area contributed by atoms with Crippen molar-refractivity contribution in [3.05, 3.63) is 0 Å². The van der Waals surface area contributed by atoms with Gasteiger partial charge in [0.05, 0.1) is 6.04 Å². The number of nitrogens with one attached hydrogen (secondary N) is 2. The Morgan fingerprint density at radius 2 is 2.00 bits per heavy atom. The summed E-state index contributed by atoms with van der Waals surface area (Å²) in [6, 6.07) is -0.0897. The summed E-state index contributed by atoms with van der Waals surface area (Å²) in [6.45, 7) is 10.3. The smallest absolute Gasteiger partial charge is 0.315 e. The Labute approximate surface area is 103 Å². The molecule has 0 radical (unpaired) electrons. The predicted octanol–water partition coefficient (Wildman–Crippen LogP) is 1.09. The van der Waals surface area contributed by atoms with Crippen LogP contribution in [0.15, 0.2) is 0 Å². The molecule has 1 aliphatic rings. The van der Waals surface area contributed by atoms with E-state index >= 15 is 0 Å². The van der Waals surface area contributed by atoms with Crippen LogP contribution in [0.2, 0.25) is 0 Å². The fourth-order valence-electron chi connectivity index (χ4n) is 1.89. The van der Waals surface area contributed by atoms with Crippen molar-refractivity contribution in [2.45, 2.75) is 58.7 Å². The summed E-state index contributed by atoms with van der Waals surface area (Å²) in [7, 11) is 0. The van der Waals surface area contributed by atoms with E-state index in [1.807, 2.05) is 34.6 Å². The maximum Gasteiger partial charge on any atom is 0.315 e. The lowest BCUT2D eigenvalue weighted by Crippen LogP contribution is -2.50. The Kier molecular flexibility index (Phi) is 4.01. The lowest BCUT2D eigenvalue weighted by Gasteiger charge is -2.23. The van der Waals surface area contributed by atoms with Gasteiger partial charge in [0, 0.05) is 24.5 Å². The van der Waals surface area contributed by atoms with Crippen molar-refractivity contribution in [1.82, 2.24) is 15.5 Å². The number of rotatable bonds is 2. The van der Waals surface area contributed by atoms with Crippen LogP contribution < -0.4 is 10.6 Å². The predicted molar refractivity (Wildman–Crippen MR) is 66.7 cm³/mol. The molecule has 1 rings (SSSR count). The van der Waals surface area contributed by atoms with E-state index in [1.165, 1.54) is 0 Å². The Bertz CT molecular complexity index is 307. The van der Waals surface area contributed by atoms with Crippen LogP contribution in [-0.4, -0.2) is 41.0 Å². The summed E-state index contributed by atoms with van der Waals surface area (Å²) >= 11 is 0. The minimum absolute atomic E-state index is 0.0766. The summed E-state index contributed by atoms with van der Waals surface area (Å²) in [4.78, 5) is 25.1. The van der Waals surface area contributed by atoms with E-state index in [1.54, 1.807) is 4.90 Å². The van der Waals surface area contributed by atoms with E-state index in [2.05, 4.69) is 10.6 Å². The van der Waals surface area contributed by atoms with Gasteiger partial charge in [0.25, 0.3) is 0 Å². The Balaban J connectivity index is 2.45. The van der Waals surface area contributed by atoms with Crippen LogP contribution in [0.25, 0.3) is 0 Å². The summed E-state index contributed by atoms with van der Waals surface area (Å²) in [5, 5.41) is 5.66. The molecule has 0 aromatic heterocycles. The summed E-state index contributed by atoms with van der Waals surface area (Å²) in [5.41, 5.74) is -0.259.